The maximum atomic E-state index is 13.3. The van der Waals surface area contributed by atoms with Crippen LogP contribution in [-0.4, -0.2) is 33.4 Å². The summed E-state index contributed by atoms with van der Waals surface area (Å²) in [5, 5.41) is 0. The van der Waals surface area contributed by atoms with E-state index in [1.807, 2.05) is 24.3 Å². The number of nitrogens with one attached hydrogen (secondary N) is 1. The molecular weight excluding hydrogens is 324 g/mol. The number of aromatic nitrogens is 2. The van der Waals surface area contributed by atoms with E-state index in [0.717, 1.165) is 54.5 Å². The standard InChI is InChI=1S/C21H22N4O/c22-15-5-6-16-14(9-15)11-20-17(16)3-1-2-8-25(20)21(26)13-4-7-18-19(10-13)24-12-23-18/h4-7,9-10,12,17,20H,1-3,8,11,22H2,(H,23,24)/t17-,20+/m1/s1. The van der Waals surface area contributed by atoms with Crippen molar-refractivity contribution >= 4 is 22.6 Å². The zero-order valence-electron chi connectivity index (χ0n) is 14.6. The monoisotopic (exact) mass is 346 g/mol. The van der Waals surface area contributed by atoms with Crippen LogP contribution in [0.1, 0.15) is 46.7 Å². The predicted octanol–water partition coefficient (Wildman–Crippen LogP) is 3.48. The summed E-state index contributed by atoms with van der Waals surface area (Å²) in [6, 6.07) is 12.2. The van der Waals surface area contributed by atoms with Gasteiger partial charge in [0, 0.05) is 29.8 Å². The molecule has 1 aliphatic heterocycles. The van der Waals surface area contributed by atoms with Gasteiger partial charge >= 0.3 is 0 Å². The van der Waals surface area contributed by atoms with E-state index < -0.39 is 0 Å². The highest BCUT2D eigenvalue weighted by atomic mass is 16.2. The van der Waals surface area contributed by atoms with E-state index in [1.54, 1.807) is 6.33 Å². The van der Waals surface area contributed by atoms with Gasteiger partial charge in [0.2, 0.25) is 0 Å². The number of carbonyl (C=O) groups excluding carboxylic acids is 1. The van der Waals surface area contributed by atoms with E-state index in [4.69, 9.17) is 5.73 Å². The summed E-state index contributed by atoms with van der Waals surface area (Å²) < 4.78 is 0. The molecule has 0 saturated carbocycles. The number of likely N-dealkylation sites (tertiary alicyclic amines) is 1. The van der Waals surface area contributed by atoms with Gasteiger partial charge in [-0.05, 0) is 60.7 Å². The van der Waals surface area contributed by atoms with E-state index in [1.165, 1.54) is 11.1 Å². The molecule has 1 fully saturated rings. The lowest BCUT2D eigenvalue weighted by Gasteiger charge is -2.31. The molecule has 132 valence electrons. The molecule has 0 radical (unpaired) electrons. The Labute approximate surface area is 152 Å². The van der Waals surface area contributed by atoms with Crippen LogP contribution < -0.4 is 5.73 Å². The first kappa shape index (κ1) is 15.4. The molecule has 0 spiro atoms. The third kappa shape index (κ3) is 2.38. The second kappa shape index (κ2) is 5.87. The van der Waals surface area contributed by atoms with Crippen LogP contribution in [0.5, 0.6) is 0 Å². The van der Waals surface area contributed by atoms with Crippen molar-refractivity contribution in [2.24, 2.45) is 0 Å². The Morgan fingerprint density at radius 1 is 1.19 bits per heavy atom. The highest BCUT2D eigenvalue weighted by Crippen LogP contribution is 2.42. The molecule has 2 heterocycles. The molecule has 0 bridgehead atoms. The number of fused-ring (bicyclic) bond motifs is 4. The van der Waals surface area contributed by atoms with Crippen LogP contribution in [0.3, 0.4) is 0 Å². The van der Waals surface area contributed by atoms with E-state index in [0.29, 0.717) is 5.92 Å². The molecule has 2 aliphatic rings. The van der Waals surface area contributed by atoms with Crippen LogP contribution in [0.25, 0.3) is 11.0 Å². The Morgan fingerprint density at radius 3 is 3.04 bits per heavy atom. The molecule has 3 aromatic rings. The first-order valence-corrected chi connectivity index (χ1v) is 9.33. The Balaban J connectivity index is 1.50. The van der Waals surface area contributed by atoms with Crippen LogP contribution in [0.4, 0.5) is 5.69 Å². The zero-order chi connectivity index (χ0) is 17.7. The Kier molecular flexibility index (Phi) is 3.48. The number of anilines is 1. The van der Waals surface area contributed by atoms with Crippen LogP contribution in [0.2, 0.25) is 0 Å². The molecule has 2 aromatic carbocycles. The molecule has 1 aromatic heterocycles. The molecule has 0 unspecified atom stereocenters. The largest absolute Gasteiger partial charge is 0.399 e. The van der Waals surface area contributed by atoms with Crippen molar-refractivity contribution in [1.82, 2.24) is 14.9 Å². The number of nitrogens with two attached hydrogens (primary N) is 1. The highest BCUT2D eigenvalue weighted by Gasteiger charge is 2.39. The van der Waals surface area contributed by atoms with Crippen molar-refractivity contribution in [3.63, 3.8) is 0 Å². The Bertz CT molecular complexity index is 993. The SMILES string of the molecule is Nc1ccc2c(c1)C[C@H]1[C@@H]2CCCCN1C(=O)c1ccc2nc[nH]c2c1. The van der Waals surface area contributed by atoms with Gasteiger partial charge in [-0.15, -0.1) is 0 Å². The number of nitrogens with zero attached hydrogens (tertiary/aromatic N) is 2. The third-order valence-electron chi connectivity index (χ3n) is 5.95. The number of amides is 1. The second-order valence-electron chi connectivity index (χ2n) is 7.47. The van der Waals surface area contributed by atoms with E-state index in [2.05, 4.69) is 27.0 Å². The number of imidazole rings is 1. The molecule has 5 heteroatoms. The fourth-order valence-electron chi connectivity index (χ4n) is 4.71. The summed E-state index contributed by atoms with van der Waals surface area (Å²) in [5.41, 5.74) is 12.0. The Hall–Kier alpha value is -2.82. The Morgan fingerprint density at radius 2 is 2.12 bits per heavy atom. The molecular formula is C21H22N4O. The maximum Gasteiger partial charge on any atom is 0.254 e. The van der Waals surface area contributed by atoms with Crippen molar-refractivity contribution < 1.29 is 4.79 Å². The van der Waals surface area contributed by atoms with Crippen LogP contribution >= 0.6 is 0 Å². The molecule has 26 heavy (non-hydrogen) atoms. The van der Waals surface area contributed by atoms with Crippen molar-refractivity contribution in [3.8, 4) is 0 Å². The van der Waals surface area contributed by atoms with Gasteiger partial charge in [-0.1, -0.05) is 12.5 Å². The summed E-state index contributed by atoms with van der Waals surface area (Å²) in [4.78, 5) is 22.8. The summed E-state index contributed by atoms with van der Waals surface area (Å²) in [7, 11) is 0. The molecule has 2 atom stereocenters. The summed E-state index contributed by atoms with van der Waals surface area (Å²) in [6.45, 7) is 0.824. The van der Waals surface area contributed by atoms with Crippen LogP contribution in [0, 0.1) is 0 Å². The number of H-pyrrole nitrogens is 1. The molecule has 1 saturated heterocycles. The zero-order valence-corrected chi connectivity index (χ0v) is 14.6. The van der Waals surface area contributed by atoms with Gasteiger partial charge in [-0.25, -0.2) is 4.98 Å². The first-order valence-electron chi connectivity index (χ1n) is 9.33. The lowest BCUT2D eigenvalue weighted by Crippen LogP contribution is -2.42. The fourth-order valence-corrected chi connectivity index (χ4v) is 4.71. The predicted molar refractivity (Wildman–Crippen MR) is 102 cm³/mol. The summed E-state index contributed by atoms with van der Waals surface area (Å²) >= 11 is 0. The topological polar surface area (TPSA) is 75.0 Å². The number of aromatic amines is 1. The lowest BCUT2D eigenvalue weighted by atomic mass is 9.93. The molecule has 1 amide bonds. The smallest absolute Gasteiger partial charge is 0.254 e. The lowest BCUT2D eigenvalue weighted by molar-refractivity contribution is 0.0676. The van der Waals surface area contributed by atoms with Crippen LogP contribution in [0.15, 0.2) is 42.7 Å². The maximum absolute atomic E-state index is 13.3. The van der Waals surface area contributed by atoms with Crippen molar-refractivity contribution in [2.75, 3.05) is 12.3 Å². The van der Waals surface area contributed by atoms with Crippen molar-refractivity contribution in [1.29, 1.82) is 0 Å². The van der Waals surface area contributed by atoms with Crippen molar-refractivity contribution in [3.05, 3.63) is 59.4 Å². The molecule has 5 rings (SSSR count). The average Bonchev–Trinajstić information content (AvgIpc) is 3.19. The van der Waals surface area contributed by atoms with Gasteiger partial charge < -0.3 is 15.6 Å². The van der Waals surface area contributed by atoms with Gasteiger partial charge in [0.25, 0.3) is 5.91 Å². The number of hydrogen-bond donors (Lipinski definition) is 2. The van der Waals surface area contributed by atoms with Gasteiger partial charge in [0.05, 0.1) is 17.4 Å². The quantitative estimate of drug-likeness (QED) is 0.663. The van der Waals surface area contributed by atoms with Gasteiger partial charge in [-0.3, -0.25) is 4.79 Å². The normalized spacial score (nSPS) is 22.1. The summed E-state index contributed by atoms with van der Waals surface area (Å²) in [6.07, 6.45) is 5.94. The van der Waals surface area contributed by atoms with E-state index in [9.17, 15) is 4.79 Å². The first-order chi connectivity index (χ1) is 12.7. The minimum Gasteiger partial charge on any atom is -0.399 e. The molecule has 1 aliphatic carbocycles. The van der Waals surface area contributed by atoms with Gasteiger partial charge in [-0.2, -0.15) is 0 Å². The minimum absolute atomic E-state index is 0.124. The van der Waals surface area contributed by atoms with Gasteiger partial charge in [0.15, 0.2) is 0 Å². The minimum atomic E-state index is 0.124. The average molecular weight is 346 g/mol. The number of hydrogen-bond acceptors (Lipinski definition) is 3. The third-order valence-corrected chi connectivity index (χ3v) is 5.95. The van der Waals surface area contributed by atoms with E-state index >= 15 is 0 Å². The number of nitrogen functional groups attached to an aromatic ring is 1. The number of benzene rings is 2. The number of carbonyl (C=O) groups is 1. The van der Waals surface area contributed by atoms with Crippen molar-refractivity contribution in [2.45, 2.75) is 37.6 Å². The highest BCUT2D eigenvalue weighted by molar-refractivity contribution is 5.97. The molecule has 5 nitrogen and oxygen atoms in total. The molecule has 3 N–H and O–H groups in total. The summed E-state index contributed by atoms with van der Waals surface area (Å²) in [5.74, 6) is 0.548. The van der Waals surface area contributed by atoms with Crippen LogP contribution in [-0.2, 0) is 6.42 Å². The second-order valence-corrected chi connectivity index (χ2v) is 7.47. The van der Waals surface area contributed by atoms with E-state index in [-0.39, 0.29) is 11.9 Å². The fraction of sp³-hybridized carbons (Fsp3) is 0.333. The number of rotatable bonds is 1. The van der Waals surface area contributed by atoms with Gasteiger partial charge in [0.1, 0.15) is 0 Å².